The molecular weight excluding hydrogens is 254 g/mol. The van der Waals surface area contributed by atoms with Gasteiger partial charge in [0.25, 0.3) is 0 Å². The van der Waals surface area contributed by atoms with Crippen LogP contribution in [0.3, 0.4) is 0 Å². The Morgan fingerprint density at radius 1 is 1.30 bits per heavy atom. The normalized spacial score (nSPS) is 20.1. The smallest absolute Gasteiger partial charge is 0.227 e. The molecule has 20 heavy (non-hydrogen) atoms. The zero-order valence-corrected chi connectivity index (χ0v) is 11.7. The molecule has 1 saturated heterocycles. The van der Waals surface area contributed by atoms with E-state index >= 15 is 0 Å². The first kappa shape index (κ1) is 13.4. The van der Waals surface area contributed by atoms with Crippen molar-refractivity contribution in [3.05, 3.63) is 18.3 Å². The Labute approximate surface area is 119 Å². The van der Waals surface area contributed by atoms with Gasteiger partial charge in [0.1, 0.15) is 0 Å². The van der Waals surface area contributed by atoms with E-state index in [1.807, 2.05) is 12.1 Å². The van der Waals surface area contributed by atoms with E-state index in [-0.39, 0.29) is 11.8 Å². The van der Waals surface area contributed by atoms with Crippen LogP contribution in [-0.4, -0.2) is 37.2 Å². The van der Waals surface area contributed by atoms with Crippen molar-refractivity contribution in [2.75, 3.05) is 36.5 Å². The number of amides is 1. The Balaban J connectivity index is 1.73. The Hall–Kier alpha value is -1.62. The highest BCUT2D eigenvalue weighted by Gasteiger charge is 2.24. The first-order valence-corrected chi connectivity index (χ1v) is 7.43. The lowest BCUT2D eigenvalue weighted by Crippen LogP contribution is -2.37. The number of hydrogen-bond donors (Lipinski definition) is 1. The van der Waals surface area contributed by atoms with Crippen LogP contribution in [0.1, 0.15) is 25.7 Å². The summed E-state index contributed by atoms with van der Waals surface area (Å²) in [4.78, 5) is 18.9. The van der Waals surface area contributed by atoms with Gasteiger partial charge in [-0.1, -0.05) is 12.8 Å². The molecule has 1 aromatic heterocycles. The number of carbonyl (C=O) groups is 1. The molecule has 5 heteroatoms. The summed E-state index contributed by atoms with van der Waals surface area (Å²) >= 11 is 0. The average molecular weight is 275 g/mol. The topological polar surface area (TPSA) is 54.5 Å². The second kappa shape index (κ2) is 6.22. The predicted octanol–water partition coefficient (Wildman–Crippen LogP) is 2.05. The highest BCUT2D eigenvalue weighted by atomic mass is 16.5. The molecule has 0 radical (unpaired) electrons. The number of nitrogens with one attached hydrogen (secondary N) is 1. The van der Waals surface area contributed by atoms with Gasteiger partial charge in [-0.15, -0.1) is 0 Å². The van der Waals surface area contributed by atoms with Gasteiger partial charge in [0.15, 0.2) is 5.82 Å². The van der Waals surface area contributed by atoms with Gasteiger partial charge in [-0.25, -0.2) is 4.98 Å². The van der Waals surface area contributed by atoms with Gasteiger partial charge in [0.2, 0.25) is 5.91 Å². The maximum atomic E-state index is 12.3. The maximum absolute atomic E-state index is 12.3. The summed E-state index contributed by atoms with van der Waals surface area (Å²) in [5.74, 6) is 1.18. The van der Waals surface area contributed by atoms with Crippen molar-refractivity contribution in [3.8, 4) is 0 Å². The van der Waals surface area contributed by atoms with Crippen LogP contribution in [-0.2, 0) is 9.53 Å². The van der Waals surface area contributed by atoms with Crippen LogP contribution in [0.4, 0.5) is 11.5 Å². The molecular formula is C15H21N3O2. The second-order valence-electron chi connectivity index (χ2n) is 5.44. The number of morpholine rings is 1. The highest BCUT2D eigenvalue weighted by Crippen LogP contribution is 2.28. The molecule has 1 N–H and O–H groups in total. The van der Waals surface area contributed by atoms with Gasteiger partial charge in [0.05, 0.1) is 18.9 Å². The lowest BCUT2D eigenvalue weighted by molar-refractivity contribution is -0.119. The van der Waals surface area contributed by atoms with Crippen LogP contribution in [0.15, 0.2) is 18.3 Å². The van der Waals surface area contributed by atoms with Gasteiger partial charge in [-0.3, -0.25) is 4.79 Å². The van der Waals surface area contributed by atoms with E-state index in [0.717, 1.165) is 37.4 Å². The Bertz CT molecular complexity index is 466. The molecule has 1 aliphatic heterocycles. The van der Waals surface area contributed by atoms with Crippen molar-refractivity contribution in [3.63, 3.8) is 0 Å². The number of anilines is 2. The van der Waals surface area contributed by atoms with Crippen LogP contribution in [0.25, 0.3) is 0 Å². The summed E-state index contributed by atoms with van der Waals surface area (Å²) in [5, 5.41) is 3.07. The molecule has 108 valence electrons. The minimum Gasteiger partial charge on any atom is -0.378 e. The number of nitrogens with zero attached hydrogens (tertiary/aromatic N) is 2. The monoisotopic (exact) mass is 275 g/mol. The van der Waals surface area contributed by atoms with E-state index in [1.165, 1.54) is 12.8 Å². The predicted molar refractivity (Wildman–Crippen MR) is 77.9 cm³/mol. The zero-order chi connectivity index (χ0) is 13.8. The van der Waals surface area contributed by atoms with Crippen LogP contribution in [0, 0.1) is 5.92 Å². The number of rotatable bonds is 3. The van der Waals surface area contributed by atoms with E-state index in [1.54, 1.807) is 6.20 Å². The van der Waals surface area contributed by atoms with Crippen molar-refractivity contribution in [1.82, 2.24) is 4.98 Å². The lowest BCUT2D eigenvalue weighted by Gasteiger charge is -2.29. The molecule has 2 aliphatic rings. The summed E-state index contributed by atoms with van der Waals surface area (Å²) < 4.78 is 5.37. The molecule has 5 nitrogen and oxygen atoms in total. The molecule has 1 aromatic rings. The molecule has 2 fully saturated rings. The molecule has 1 saturated carbocycles. The van der Waals surface area contributed by atoms with Crippen LogP contribution < -0.4 is 10.2 Å². The second-order valence-corrected chi connectivity index (χ2v) is 5.44. The third kappa shape index (κ3) is 2.93. The van der Waals surface area contributed by atoms with E-state index < -0.39 is 0 Å². The largest absolute Gasteiger partial charge is 0.378 e. The van der Waals surface area contributed by atoms with Crippen molar-refractivity contribution in [2.45, 2.75) is 25.7 Å². The fraction of sp³-hybridized carbons (Fsp3) is 0.600. The zero-order valence-electron chi connectivity index (χ0n) is 11.7. The first-order chi connectivity index (χ1) is 9.84. The van der Waals surface area contributed by atoms with E-state index in [2.05, 4.69) is 15.2 Å². The molecule has 0 bridgehead atoms. The summed E-state index contributed by atoms with van der Waals surface area (Å²) in [6, 6.07) is 3.80. The SMILES string of the molecule is O=C(Nc1cccnc1N1CCOCC1)C1CCCC1. The van der Waals surface area contributed by atoms with Crippen molar-refractivity contribution >= 4 is 17.4 Å². The van der Waals surface area contributed by atoms with Crippen molar-refractivity contribution < 1.29 is 9.53 Å². The van der Waals surface area contributed by atoms with Gasteiger partial charge >= 0.3 is 0 Å². The molecule has 2 heterocycles. The molecule has 0 atom stereocenters. The summed E-state index contributed by atoms with van der Waals surface area (Å²) in [7, 11) is 0. The van der Waals surface area contributed by atoms with Crippen LogP contribution in [0.2, 0.25) is 0 Å². The van der Waals surface area contributed by atoms with Gasteiger partial charge < -0.3 is 15.0 Å². The Morgan fingerprint density at radius 3 is 2.80 bits per heavy atom. The average Bonchev–Trinajstić information content (AvgIpc) is 3.03. The van der Waals surface area contributed by atoms with Gasteiger partial charge in [-0.05, 0) is 25.0 Å². The van der Waals surface area contributed by atoms with Crippen molar-refractivity contribution in [1.29, 1.82) is 0 Å². The van der Waals surface area contributed by atoms with E-state index in [4.69, 9.17) is 4.74 Å². The minimum absolute atomic E-state index is 0.144. The third-order valence-corrected chi connectivity index (χ3v) is 4.08. The number of carbonyl (C=O) groups excluding carboxylic acids is 1. The molecule has 1 aliphatic carbocycles. The van der Waals surface area contributed by atoms with E-state index in [9.17, 15) is 4.79 Å². The van der Waals surface area contributed by atoms with Gasteiger partial charge in [-0.2, -0.15) is 0 Å². The summed E-state index contributed by atoms with van der Waals surface area (Å²) in [6.45, 7) is 3.08. The number of ether oxygens (including phenoxy) is 1. The molecule has 3 rings (SSSR count). The Morgan fingerprint density at radius 2 is 2.05 bits per heavy atom. The number of hydrogen-bond acceptors (Lipinski definition) is 4. The van der Waals surface area contributed by atoms with Crippen LogP contribution >= 0.6 is 0 Å². The molecule has 0 unspecified atom stereocenters. The quantitative estimate of drug-likeness (QED) is 0.917. The fourth-order valence-corrected chi connectivity index (χ4v) is 2.94. The fourth-order valence-electron chi connectivity index (χ4n) is 2.94. The number of aromatic nitrogens is 1. The molecule has 0 spiro atoms. The maximum Gasteiger partial charge on any atom is 0.227 e. The summed E-state index contributed by atoms with van der Waals surface area (Å²) in [5.41, 5.74) is 0.825. The third-order valence-electron chi connectivity index (χ3n) is 4.08. The molecule has 0 aromatic carbocycles. The highest BCUT2D eigenvalue weighted by molar-refractivity contribution is 5.95. The van der Waals surface area contributed by atoms with E-state index in [0.29, 0.717) is 13.2 Å². The van der Waals surface area contributed by atoms with Crippen LogP contribution in [0.5, 0.6) is 0 Å². The Kier molecular flexibility index (Phi) is 4.16. The number of pyridine rings is 1. The summed E-state index contributed by atoms with van der Waals surface area (Å²) in [6.07, 6.45) is 6.14. The first-order valence-electron chi connectivity index (χ1n) is 7.43. The van der Waals surface area contributed by atoms with Gasteiger partial charge in [0, 0.05) is 25.2 Å². The lowest BCUT2D eigenvalue weighted by atomic mass is 10.1. The standard InChI is InChI=1S/C15H21N3O2/c19-15(12-4-1-2-5-12)17-13-6-3-7-16-14(13)18-8-10-20-11-9-18/h3,6-7,12H,1-2,4-5,8-11H2,(H,17,19). The minimum atomic E-state index is 0.144. The molecule has 1 amide bonds. The van der Waals surface area contributed by atoms with Crippen molar-refractivity contribution in [2.24, 2.45) is 5.92 Å².